The number of nitrogens with zero attached hydrogens (tertiary/aromatic N) is 1. The van der Waals surface area contributed by atoms with E-state index < -0.39 is 11.9 Å². The molecule has 3 rings (SSSR count). The molecular formula is C21H23N2O5+. The van der Waals surface area contributed by atoms with E-state index in [4.69, 9.17) is 14.6 Å². The van der Waals surface area contributed by atoms with Gasteiger partial charge in [0.15, 0.2) is 12.4 Å². The van der Waals surface area contributed by atoms with E-state index in [2.05, 4.69) is 5.32 Å². The number of hydrogen-bond donors (Lipinski definition) is 2. The van der Waals surface area contributed by atoms with Crippen LogP contribution in [0, 0.1) is 0 Å². The number of carbonyl (C=O) groups is 2. The fourth-order valence-corrected chi connectivity index (χ4v) is 3.14. The zero-order valence-electron chi connectivity index (χ0n) is 15.9. The lowest BCUT2D eigenvalue weighted by Gasteiger charge is -2.10. The van der Waals surface area contributed by atoms with Crippen molar-refractivity contribution in [2.75, 3.05) is 25.1 Å². The Kier molecular flexibility index (Phi) is 5.93. The maximum absolute atomic E-state index is 12.7. The molecule has 0 atom stereocenters. The first kappa shape index (κ1) is 19.4. The predicted molar refractivity (Wildman–Crippen MR) is 104 cm³/mol. The number of nitrogens with one attached hydrogen (secondary N) is 1. The molecule has 146 valence electrons. The fraction of sp³-hybridized carbons (Fsp3) is 0.286. The highest BCUT2D eigenvalue weighted by atomic mass is 16.5. The first-order valence-electron chi connectivity index (χ1n) is 9.16. The molecule has 1 aliphatic rings. The molecule has 1 aromatic heterocycles. The van der Waals surface area contributed by atoms with E-state index in [1.165, 1.54) is 4.57 Å². The molecule has 2 N–H and O–H groups in total. The van der Waals surface area contributed by atoms with Crippen molar-refractivity contribution in [2.45, 2.75) is 20.4 Å². The van der Waals surface area contributed by atoms with E-state index in [9.17, 15) is 9.59 Å². The first-order valence-corrected chi connectivity index (χ1v) is 9.16. The molecule has 0 unspecified atom stereocenters. The Morgan fingerprint density at radius 1 is 1.21 bits per heavy atom. The van der Waals surface area contributed by atoms with Crippen LogP contribution in [0.25, 0.3) is 11.1 Å². The van der Waals surface area contributed by atoms with E-state index in [0.717, 1.165) is 23.4 Å². The number of pyridine rings is 1. The Morgan fingerprint density at radius 3 is 2.61 bits per heavy atom. The molecule has 0 fully saturated rings. The maximum Gasteiger partial charge on any atom is 0.370 e. The average molecular weight is 383 g/mol. The molecule has 1 aromatic carbocycles. The summed E-state index contributed by atoms with van der Waals surface area (Å²) >= 11 is 0. The zero-order chi connectivity index (χ0) is 20.1. The summed E-state index contributed by atoms with van der Waals surface area (Å²) < 4.78 is 12.6. The van der Waals surface area contributed by atoms with Crippen molar-refractivity contribution >= 4 is 28.8 Å². The van der Waals surface area contributed by atoms with Gasteiger partial charge in [0.2, 0.25) is 6.54 Å². The molecule has 7 heteroatoms. The molecule has 28 heavy (non-hydrogen) atoms. The lowest BCUT2D eigenvalue weighted by molar-refractivity contribution is -0.685. The minimum atomic E-state index is -0.934. The van der Waals surface area contributed by atoms with Crippen LogP contribution in [0.5, 0.6) is 5.75 Å². The molecule has 2 heterocycles. The second-order valence-corrected chi connectivity index (χ2v) is 6.26. The Hall–Kier alpha value is -3.35. The predicted octanol–water partition coefficient (Wildman–Crippen LogP) is 2.36. The lowest BCUT2D eigenvalue weighted by Crippen LogP contribution is -2.37. The second kappa shape index (κ2) is 8.56. The van der Waals surface area contributed by atoms with Crippen molar-refractivity contribution in [2.24, 2.45) is 0 Å². The van der Waals surface area contributed by atoms with Crippen LogP contribution in [0.4, 0.5) is 5.69 Å². The van der Waals surface area contributed by atoms with Gasteiger partial charge in [0.05, 0.1) is 12.2 Å². The summed E-state index contributed by atoms with van der Waals surface area (Å²) in [6.45, 7) is 4.95. The minimum Gasteiger partial charge on any atom is -0.488 e. The third-order valence-electron chi connectivity index (χ3n) is 4.34. The molecule has 7 nitrogen and oxygen atoms in total. The van der Waals surface area contributed by atoms with E-state index in [-0.39, 0.29) is 19.8 Å². The Labute approximate surface area is 163 Å². The summed E-state index contributed by atoms with van der Waals surface area (Å²) in [5, 5.41) is 12.2. The minimum absolute atomic E-state index is 0.148. The maximum atomic E-state index is 12.7. The highest BCUT2D eigenvalue weighted by Crippen LogP contribution is 2.39. The van der Waals surface area contributed by atoms with Crippen molar-refractivity contribution in [3.8, 4) is 5.75 Å². The van der Waals surface area contributed by atoms with Gasteiger partial charge in [-0.15, -0.1) is 0 Å². The van der Waals surface area contributed by atoms with E-state index in [1.807, 2.05) is 25.1 Å². The summed E-state index contributed by atoms with van der Waals surface area (Å²) in [5.41, 5.74) is 3.65. The smallest absolute Gasteiger partial charge is 0.370 e. The third kappa shape index (κ3) is 4.14. The number of esters is 1. The van der Waals surface area contributed by atoms with Gasteiger partial charge < -0.3 is 19.9 Å². The van der Waals surface area contributed by atoms with Crippen molar-refractivity contribution in [3.05, 3.63) is 53.9 Å². The summed E-state index contributed by atoms with van der Waals surface area (Å²) in [7, 11) is 0. The number of hydrogen-bond acceptors (Lipinski definition) is 5. The molecule has 2 aromatic rings. The van der Waals surface area contributed by atoms with Crippen molar-refractivity contribution in [1.29, 1.82) is 0 Å². The molecule has 1 aliphatic heterocycles. The van der Waals surface area contributed by atoms with Gasteiger partial charge in [-0.25, -0.2) is 9.59 Å². The number of benzene rings is 1. The van der Waals surface area contributed by atoms with Crippen LogP contribution in [-0.2, 0) is 20.9 Å². The largest absolute Gasteiger partial charge is 0.488 e. The lowest BCUT2D eigenvalue weighted by atomic mass is 9.96. The van der Waals surface area contributed by atoms with Crippen LogP contribution in [0.15, 0.2) is 42.7 Å². The van der Waals surface area contributed by atoms with Gasteiger partial charge in [-0.05, 0) is 26.0 Å². The first-order chi connectivity index (χ1) is 13.5. The number of ether oxygens (including phenoxy) is 2. The molecule has 0 aliphatic carbocycles. The van der Waals surface area contributed by atoms with Gasteiger partial charge >= 0.3 is 11.9 Å². The summed E-state index contributed by atoms with van der Waals surface area (Å²) in [6.07, 6.45) is 3.27. The normalized spacial score (nSPS) is 14.1. The van der Waals surface area contributed by atoms with Crippen LogP contribution in [-0.4, -0.2) is 36.8 Å². The van der Waals surface area contributed by atoms with E-state index >= 15 is 0 Å². The molecule has 0 saturated heterocycles. The fourth-order valence-electron chi connectivity index (χ4n) is 3.14. The molecular weight excluding hydrogens is 360 g/mol. The van der Waals surface area contributed by atoms with Crippen LogP contribution in [0.1, 0.15) is 25.0 Å². The van der Waals surface area contributed by atoms with Crippen molar-refractivity contribution < 1.29 is 28.7 Å². The van der Waals surface area contributed by atoms with E-state index in [1.54, 1.807) is 31.5 Å². The Bertz CT molecular complexity index is 919. The zero-order valence-corrected chi connectivity index (χ0v) is 15.9. The Balaban J connectivity index is 2.04. The van der Waals surface area contributed by atoms with Crippen LogP contribution < -0.4 is 14.6 Å². The monoisotopic (exact) mass is 383 g/mol. The number of carboxylic acids is 1. The standard InChI is InChI=1S/C21H22N2O5/c1-3-22-15-5-6-16-17(13-28-18(16)11-15)20(21(26)27-4-2)14-7-9-23(10-8-14)12-19(24)25/h5-11H,3-4,12-13H2,1-2H3,(H,24,25)/p+1. The quantitative estimate of drug-likeness (QED) is 0.434. The average Bonchev–Trinajstić information content (AvgIpc) is 3.06. The number of carbonyl (C=O) groups excluding carboxylic acids is 1. The molecule has 0 spiro atoms. The van der Waals surface area contributed by atoms with Gasteiger partial charge in [-0.2, -0.15) is 4.57 Å². The third-order valence-corrected chi connectivity index (χ3v) is 4.34. The number of aromatic nitrogens is 1. The number of fused-ring (bicyclic) bond motifs is 1. The van der Waals surface area contributed by atoms with Crippen molar-refractivity contribution in [3.63, 3.8) is 0 Å². The molecule has 0 saturated carbocycles. The number of rotatable bonds is 7. The van der Waals surface area contributed by atoms with E-state index in [0.29, 0.717) is 16.9 Å². The number of carboxylic acid groups (broad SMARTS) is 1. The molecule has 0 amide bonds. The van der Waals surface area contributed by atoms with Gasteiger partial charge in [-0.1, -0.05) is 0 Å². The highest BCUT2D eigenvalue weighted by molar-refractivity contribution is 6.25. The molecule has 0 radical (unpaired) electrons. The van der Waals surface area contributed by atoms with Gasteiger partial charge in [0.1, 0.15) is 12.4 Å². The van der Waals surface area contributed by atoms with Gasteiger partial charge in [0.25, 0.3) is 0 Å². The Morgan fingerprint density at radius 2 is 1.96 bits per heavy atom. The van der Waals surface area contributed by atoms with Gasteiger partial charge in [0, 0.05) is 47.1 Å². The topological polar surface area (TPSA) is 88.7 Å². The SMILES string of the molecule is CCNc1ccc2c(c1)OC/C2=C(/C(=O)OCC)c1cc[n+](CC(=O)O)cc1. The second-order valence-electron chi connectivity index (χ2n) is 6.26. The number of anilines is 1. The summed E-state index contributed by atoms with van der Waals surface area (Å²) in [5.74, 6) is -0.649. The van der Waals surface area contributed by atoms with Gasteiger partial charge in [-0.3, -0.25) is 0 Å². The van der Waals surface area contributed by atoms with Crippen LogP contribution in [0.3, 0.4) is 0 Å². The van der Waals surface area contributed by atoms with Crippen molar-refractivity contribution in [1.82, 2.24) is 0 Å². The van der Waals surface area contributed by atoms with Crippen LogP contribution >= 0.6 is 0 Å². The molecule has 0 bridgehead atoms. The summed E-state index contributed by atoms with van der Waals surface area (Å²) in [6, 6.07) is 9.23. The highest BCUT2D eigenvalue weighted by Gasteiger charge is 2.27. The summed E-state index contributed by atoms with van der Waals surface area (Å²) in [4.78, 5) is 23.6. The van der Waals surface area contributed by atoms with Crippen LogP contribution in [0.2, 0.25) is 0 Å². The number of aliphatic carboxylic acids is 1.